The number of thiophene rings is 1. The highest BCUT2D eigenvalue weighted by Crippen LogP contribution is 2.39. The summed E-state index contributed by atoms with van der Waals surface area (Å²) in [6, 6.07) is 0.593. The van der Waals surface area contributed by atoms with Gasteiger partial charge in [0.2, 0.25) is 0 Å². The van der Waals surface area contributed by atoms with Crippen molar-refractivity contribution in [2.24, 2.45) is 11.8 Å². The van der Waals surface area contributed by atoms with E-state index in [1.165, 1.54) is 37.7 Å². The molecule has 18 heavy (non-hydrogen) atoms. The first kappa shape index (κ1) is 14.1. The van der Waals surface area contributed by atoms with Crippen molar-refractivity contribution < 1.29 is 0 Å². The quantitative estimate of drug-likeness (QED) is 0.796. The van der Waals surface area contributed by atoms with E-state index in [4.69, 9.17) is 0 Å². The highest BCUT2D eigenvalue weighted by atomic mass is 32.1. The van der Waals surface area contributed by atoms with Crippen LogP contribution in [0.3, 0.4) is 0 Å². The predicted molar refractivity (Wildman–Crippen MR) is 81.2 cm³/mol. The smallest absolute Gasteiger partial charge is 0.0359 e. The van der Waals surface area contributed by atoms with Crippen molar-refractivity contribution in [3.8, 4) is 0 Å². The first-order valence-corrected chi connectivity index (χ1v) is 8.46. The molecule has 0 amide bonds. The van der Waals surface area contributed by atoms with Crippen molar-refractivity contribution in [2.75, 3.05) is 6.54 Å². The summed E-state index contributed by atoms with van der Waals surface area (Å²) in [5.41, 5.74) is 3.04. The largest absolute Gasteiger partial charge is 0.310 e. The molecule has 1 fully saturated rings. The van der Waals surface area contributed by atoms with E-state index >= 15 is 0 Å². The van der Waals surface area contributed by atoms with Crippen LogP contribution in [0.2, 0.25) is 0 Å². The Bertz CT molecular complexity index is 358. The molecule has 0 aliphatic heterocycles. The standard InChI is InChI=1S/C16H27NS/c1-4-13-7-6-8-14(9-13)16(17-5-2)15-11-18-10-12(15)3/h10-11,13-14,16-17H,4-9H2,1-3H3. The van der Waals surface area contributed by atoms with Crippen molar-refractivity contribution in [3.05, 3.63) is 21.9 Å². The molecule has 1 N–H and O–H groups in total. The molecule has 1 heterocycles. The molecular weight excluding hydrogens is 238 g/mol. The van der Waals surface area contributed by atoms with Crippen molar-refractivity contribution in [2.45, 2.75) is 58.9 Å². The fraction of sp³-hybridized carbons (Fsp3) is 0.750. The summed E-state index contributed by atoms with van der Waals surface area (Å²) in [5, 5.41) is 8.40. The molecule has 0 spiro atoms. The van der Waals surface area contributed by atoms with Crippen LogP contribution in [0, 0.1) is 18.8 Å². The molecule has 0 saturated heterocycles. The zero-order valence-corrected chi connectivity index (χ0v) is 12.9. The zero-order chi connectivity index (χ0) is 13.0. The first-order valence-electron chi connectivity index (χ1n) is 7.52. The summed E-state index contributed by atoms with van der Waals surface area (Å²) in [7, 11) is 0. The second-order valence-electron chi connectivity index (χ2n) is 5.75. The average Bonchev–Trinajstić information content (AvgIpc) is 2.82. The SMILES string of the molecule is CCNC(c1cscc1C)C1CCCC(CC)C1. The molecule has 0 bridgehead atoms. The van der Waals surface area contributed by atoms with E-state index in [0.29, 0.717) is 6.04 Å². The van der Waals surface area contributed by atoms with Gasteiger partial charge in [-0.3, -0.25) is 0 Å². The van der Waals surface area contributed by atoms with Crippen LogP contribution in [0.4, 0.5) is 0 Å². The Morgan fingerprint density at radius 3 is 2.78 bits per heavy atom. The van der Waals surface area contributed by atoms with E-state index in [-0.39, 0.29) is 0 Å². The Kier molecular flexibility index (Phi) is 5.25. The minimum atomic E-state index is 0.593. The van der Waals surface area contributed by atoms with Gasteiger partial charge in [0.25, 0.3) is 0 Å². The maximum atomic E-state index is 3.75. The van der Waals surface area contributed by atoms with Crippen molar-refractivity contribution >= 4 is 11.3 Å². The fourth-order valence-corrected chi connectivity index (χ4v) is 4.33. The Hall–Kier alpha value is -0.340. The zero-order valence-electron chi connectivity index (χ0n) is 12.0. The summed E-state index contributed by atoms with van der Waals surface area (Å²) in [4.78, 5) is 0. The number of aryl methyl sites for hydroxylation is 1. The Labute approximate surface area is 116 Å². The van der Waals surface area contributed by atoms with Gasteiger partial charge in [-0.15, -0.1) is 0 Å². The van der Waals surface area contributed by atoms with Crippen LogP contribution >= 0.6 is 11.3 Å². The molecule has 0 radical (unpaired) electrons. The van der Waals surface area contributed by atoms with Crippen LogP contribution in [0.5, 0.6) is 0 Å². The molecule has 1 aromatic rings. The van der Waals surface area contributed by atoms with Gasteiger partial charge >= 0.3 is 0 Å². The third-order valence-corrected chi connectivity index (χ3v) is 5.41. The van der Waals surface area contributed by atoms with E-state index in [2.05, 4.69) is 36.8 Å². The monoisotopic (exact) mass is 265 g/mol. The molecule has 102 valence electrons. The minimum Gasteiger partial charge on any atom is -0.310 e. The van der Waals surface area contributed by atoms with Gasteiger partial charge in [0.1, 0.15) is 0 Å². The second-order valence-corrected chi connectivity index (χ2v) is 6.49. The van der Waals surface area contributed by atoms with Crippen LogP contribution in [-0.4, -0.2) is 6.54 Å². The molecule has 1 aliphatic carbocycles. The van der Waals surface area contributed by atoms with Gasteiger partial charge < -0.3 is 5.32 Å². The minimum absolute atomic E-state index is 0.593. The van der Waals surface area contributed by atoms with Crippen LogP contribution in [-0.2, 0) is 0 Å². The molecular formula is C16H27NS. The summed E-state index contributed by atoms with van der Waals surface area (Å²) < 4.78 is 0. The van der Waals surface area contributed by atoms with Gasteiger partial charge in [0.05, 0.1) is 0 Å². The van der Waals surface area contributed by atoms with Crippen LogP contribution < -0.4 is 5.32 Å². The number of hydrogen-bond donors (Lipinski definition) is 1. The lowest BCUT2D eigenvalue weighted by Crippen LogP contribution is -2.31. The van der Waals surface area contributed by atoms with Gasteiger partial charge in [-0.1, -0.05) is 33.1 Å². The van der Waals surface area contributed by atoms with Gasteiger partial charge in [-0.2, -0.15) is 11.3 Å². The number of hydrogen-bond acceptors (Lipinski definition) is 2. The van der Waals surface area contributed by atoms with Crippen molar-refractivity contribution in [1.82, 2.24) is 5.32 Å². The Balaban J connectivity index is 2.12. The third-order valence-electron chi connectivity index (χ3n) is 4.53. The van der Waals surface area contributed by atoms with E-state index in [1.54, 1.807) is 5.56 Å². The molecule has 1 aromatic heterocycles. The van der Waals surface area contributed by atoms with Crippen molar-refractivity contribution in [3.63, 3.8) is 0 Å². The van der Waals surface area contributed by atoms with Crippen LogP contribution in [0.15, 0.2) is 10.8 Å². The van der Waals surface area contributed by atoms with E-state index in [9.17, 15) is 0 Å². The van der Waals surface area contributed by atoms with Crippen LogP contribution in [0.25, 0.3) is 0 Å². The summed E-state index contributed by atoms with van der Waals surface area (Å²) in [5.74, 6) is 1.81. The predicted octanol–water partition coefficient (Wildman–Crippen LogP) is 4.92. The molecule has 0 aromatic carbocycles. The summed E-state index contributed by atoms with van der Waals surface area (Å²) in [6.07, 6.45) is 7.06. The highest BCUT2D eigenvalue weighted by molar-refractivity contribution is 7.08. The van der Waals surface area contributed by atoms with Crippen molar-refractivity contribution in [1.29, 1.82) is 0 Å². The topological polar surface area (TPSA) is 12.0 Å². The summed E-state index contributed by atoms with van der Waals surface area (Å²) in [6.45, 7) is 7.92. The molecule has 1 nitrogen and oxygen atoms in total. The lowest BCUT2D eigenvalue weighted by molar-refractivity contribution is 0.210. The molecule has 2 rings (SSSR count). The Morgan fingerprint density at radius 2 is 2.17 bits per heavy atom. The van der Waals surface area contributed by atoms with E-state index in [0.717, 1.165) is 18.4 Å². The summed E-state index contributed by atoms with van der Waals surface area (Å²) >= 11 is 1.85. The van der Waals surface area contributed by atoms with Gasteiger partial charge in [0, 0.05) is 6.04 Å². The van der Waals surface area contributed by atoms with Gasteiger partial charge in [0.15, 0.2) is 0 Å². The van der Waals surface area contributed by atoms with Crippen LogP contribution in [0.1, 0.15) is 63.1 Å². The normalized spacial score (nSPS) is 26.2. The molecule has 1 aliphatic rings. The molecule has 3 unspecified atom stereocenters. The lowest BCUT2D eigenvalue weighted by Gasteiger charge is -2.35. The number of nitrogens with one attached hydrogen (secondary N) is 1. The Morgan fingerprint density at radius 1 is 1.33 bits per heavy atom. The maximum absolute atomic E-state index is 3.75. The molecule has 1 saturated carbocycles. The number of rotatable bonds is 5. The maximum Gasteiger partial charge on any atom is 0.0359 e. The second kappa shape index (κ2) is 6.72. The lowest BCUT2D eigenvalue weighted by atomic mass is 9.75. The molecule has 3 atom stereocenters. The molecule has 2 heteroatoms. The highest BCUT2D eigenvalue weighted by Gasteiger charge is 2.29. The van der Waals surface area contributed by atoms with Gasteiger partial charge in [-0.05, 0) is 60.0 Å². The fourth-order valence-electron chi connectivity index (χ4n) is 3.45. The van der Waals surface area contributed by atoms with E-state index in [1.807, 2.05) is 11.3 Å². The average molecular weight is 265 g/mol. The van der Waals surface area contributed by atoms with Gasteiger partial charge in [-0.25, -0.2) is 0 Å². The third kappa shape index (κ3) is 3.16. The van der Waals surface area contributed by atoms with E-state index < -0.39 is 0 Å². The first-order chi connectivity index (χ1) is 8.76.